The molecule has 0 aliphatic carbocycles. The Kier molecular flexibility index (Phi) is 5.56. The first kappa shape index (κ1) is 19.8. The maximum Gasteiger partial charge on any atom is 0.325 e. The second-order valence-corrected chi connectivity index (χ2v) is 8.19. The van der Waals surface area contributed by atoms with Crippen molar-refractivity contribution in [1.82, 2.24) is 20.0 Å². The van der Waals surface area contributed by atoms with E-state index in [0.717, 1.165) is 25.3 Å². The number of amidine groups is 1. The Morgan fingerprint density at radius 3 is 2.52 bits per heavy atom. The minimum Gasteiger partial charge on any atom is -0.373 e. The molecule has 1 aromatic carbocycles. The number of hydrogen-bond acceptors (Lipinski definition) is 6. The largest absolute Gasteiger partial charge is 0.373 e. The number of likely N-dealkylation sites (N-methyl/N-ethyl adjacent to an activating group) is 1. The van der Waals surface area contributed by atoms with E-state index >= 15 is 0 Å². The molecular formula is C21H29N5O3. The number of hydrogen-bond donors (Lipinski definition) is 1. The lowest BCUT2D eigenvalue weighted by atomic mass is 10.1. The van der Waals surface area contributed by atoms with Gasteiger partial charge in [-0.15, -0.1) is 0 Å². The van der Waals surface area contributed by atoms with Crippen LogP contribution in [0.4, 0.5) is 4.79 Å². The summed E-state index contributed by atoms with van der Waals surface area (Å²) in [7, 11) is 1.69. The summed E-state index contributed by atoms with van der Waals surface area (Å²) in [6, 6.07) is 9.35. The molecule has 8 heteroatoms. The van der Waals surface area contributed by atoms with Crippen molar-refractivity contribution in [1.29, 1.82) is 0 Å². The van der Waals surface area contributed by atoms with Crippen LogP contribution in [0.5, 0.6) is 0 Å². The highest BCUT2D eigenvalue weighted by Gasteiger charge is 2.48. The van der Waals surface area contributed by atoms with Gasteiger partial charge in [0.2, 0.25) is 0 Å². The number of carbonyl (C=O) groups excluding carboxylic acids is 2. The summed E-state index contributed by atoms with van der Waals surface area (Å²) in [5, 5.41) is 2.47. The molecule has 0 spiro atoms. The molecule has 156 valence electrons. The number of nitrogens with zero attached hydrogens (tertiary/aromatic N) is 4. The number of nitrogens with one attached hydrogen (secondary N) is 1. The van der Waals surface area contributed by atoms with E-state index in [1.807, 2.05) is 18.2 Å². The van der Waals surface area contributed by atoms with Crippen molar-refractivity contribution in [2.24, 2.45) is 4.99 Å². The molecule has 3 amide bonds. The summed E-state index contributed by atoms with van der Waals surface area (Å²) < 4.78 is 5.84. The van der Waals surface area contributed by atoms with Crippen LogP contribution in [0, 0.1) is 0 Å². The van der Waals surface area contributed by atoms with E-state index in [9.17, 15) is 9.59 Å². The lowest BCUT2D eigenvalue weighted by molar-refractivity contribution is -0.127. The normalized spacial score (nSPS) is 30.2. The van der Waals surface area contributed by atoms with E-state index in [-0.39, 0.29) is 18.1 Å². The number of fused-ring (bicyclic) bond motifs is 1. The highest BCUT2D eigenvalue weighted by atomic mass is 16.5. The standard InChI is InChI=1S/C21H29N5O3/c1-14-11-25(12-15(2)29-14)13-17-22-19-18(20(27)23-21(28)24(19)3)26(17)10-9-16-7-5-4-6-8-16/h4-8,14-15,18-19H,9-13H2,1-3H3,(H,23,27,28). The zero-order chi connectivity index (χ0) is 20.5. The first-order valence-electron chi connectivity index (χ1n) is 10.2. The van der Waals surface area contributed by atoms with E-state index in [1.165, 1.54) is 10.5 Å². The minimum atomic E-state index is -0.479. The highest BCUT2D eigenvalue weighted by Crippen LogP contribution is 2.25. The van der Waals surface area contributed by atoms with Crippen LogP contribution in [-0.4, -0.2) is 90.1 Å². The number of rotatable bonds is 5. The van der Waals surface area contributed by atoms with Gasteiger partial charge in [-0.1, -0.05) is 30.3 Å². The number of urea groups is 1. The van der Waals surface area contributed by atoms with Gasteiger partial charge in [0.15, 0.2) is 12.2 Å². The summed E-state index contributed by atoms with van der Waals surface area (Å²) in [6.45, 7) is 7.13. The molecule has 4 rings (SSSR count). The van der Waals surface area contributed by atoms with Crippen LogP contribution >= 0.6 is 0 Å². The molecule has 1 aromatic rings. The predicted octanol–water partition coefficient (Wildman–Crippen LogP) is 0.929. The first-order chi connectivity index (χ1) is 13.9. The maximum atomic E-state index is 12.7. The van der Waals surface area contributed by atoms with E-state index < -0.39 is 18.2 Å². The van der Waals surface area contributed by atoms with Crippen LogP contribution in [0.1, 0.15) is 19.4 Å². The number of amides is 3. The maximum absolute atomic E-state index is 12.7. The van der Waals surface area contributed by atoms with Crippen molar-refractivity contribution in [2.45, 2.75) is 44.7 Å². The Hall–Kier alpha value is -2.45. The van der Waals surface area contributed by atoms with Crippen molar-refractivity contribution >= 4 is 17.8 Å². The van der Waals surface area contributed by atoms with Crippen LogP contribution < -0.4 is 5.32 Å². The number of benzene rings is 1. The molecule has 4 atom stereocenters. The van der Waals surface area contributed by atoms with Gasteiger partial charge in [0.05, 0.1) is 18.8 Å². The molecule has 3 heterocycles. The summed E-state index contributed by atoms with van der Waals surface area (Å²) >= 11 is 0. The molecule has 0 saturated carbocycles. The Morgan fingerprint density at radius 1 is 1.14 bits per heavy atom. The third-order valence-corrected chi connectivity index (χ3v) is 5.79. The van der Waals surface area contributed by atoms with Gasteiger partial charge in [0.1, 0.15) is 5.84 Å². The fourth-order valence-electron chi connectivity index (χ4n) is 4.49. The molecule has 2 saturated heterocycles. The summed E-state index contributed by atoms with van der Waals surface area (Å²) in [4.78, 5) is 35.6. The fraction of sp³-hybridized carbons (Fsp3) is 0.571. The van der Waals surface area contributed by atoms with Gasteiger partial charge in [-0.3, -0.25) is 15.0 Å². The lowest BCUT2D eigenvalue weighted by Crippen LogP contribution is -2.64. The summed E-state index contributed by atoms with van der Waals surface area (Å²) in [5.41, 5.74) is 1.21. The molecule has 0 radical (unpaired) electrons. The number of imide groups is 1. The van der Waals surface area contributed by atoms with Gasteiger partial charge in [0, 0.05) is 26.7 Å². The van der Waals surface area contributed by atoms with Crippen LogP contribution in [0.3, 0.4) is 0 Å². The topological polar surface area (TPSA) is 77.5 Å². The van der Waals surface area contributed by atoms with Crippen LogP contribution in [0.2, 0.25) is 0 Å². The third-order valence-electron chi connectivity index (χ3n) is 5.79. The Morgan fingerprint density at radius 2 is 1.83 bits per heavy atom. The Labute approximate surface area is 171 Å². The van der Waals surface area contributed by atoms with Crippen LogP contribution in [0.15, 0.2) is 35.3 Å². The average Bonchev–Trinajstić information content (AvgIpc) is 3.03. The molecule has 1 N–H and O–H groups in total. The highest BCUT2D eigenvalue weighted by molar-refractivity contribution is 6.04. The minimum absolute atomic E-state index is 0.161. The van der Waals surface area contributed by atoms with E-state index in [2.05, 4.69) is 41.1 Å². The summed E-state index contributed by atoms with van der Waals surface area (Å²) in [6.07, 6.45) is 0.656. The number of ether oxygens (including phenoxy) is 1. The van der Waals surface area contributed by atoms with E-state index in [4.69, 9.17) is 9.73 Å². The SMILES string of the molecule is CC1CN(CC2=NC3C(C(=O)NC(=O)N3C)N2CCc2ccccc2)CC(C)O1. The average molecular weight is 399 g/mol. The van der Waals surface area contributed by atoms with Gasteiger partial charge in [-0.05, 0) is 25.8 Å². The Bertz CT molecular complexity index is 789. The molecule has 29 heavy (non-hydrogen) atoms. The fourth-order valence-corrected chi connectivity index (χ4v) is 4.49. The molecule has 4 unspecified atom stereocenters. The van der Waals surface area contributed by atoms with Crippen molar-refractivity contribution in [2.75, 3.05) is 33.2 Å². The van der Waals surface area contributed by atoms with Crippen LogP contribution in [0.25, 0.3) is 0 Å². The van der Waals surface area contributed by atoms with E-state index in [0.29, 0.717) is 13.1 Å². The molecule has 0 bridgehead atoms. The molecule has 0 aromatic heterocycles. The summed E-state index contributed by atoms with van der Waals surface area (Å²) in [5.74, 6) is 0.600. The smallest absolute Gasteiger partial charge is 0.325 e. The molecule has 8 nitrogen and oxygen atoms in total. The second-order valence-electron chi connectivity index (χ2n) is 8.19. The van der Waals surface area contributed by atoms with Crippen molar-refractivity contribution < 1.29 is 14.3 Å². The third kappa shape index (κ3) is 4.13. The predicted molar refractivity (Wildman–Crippen MR) is 110 cm³/mol. The molecular weight excluding hydrogens is 370 g/mol. The van der Waals surface area contributed by atoms with Gasteiger partial charge in [-0.2, -0.15) is 0 Å². The van der Waals surface area contributed by atoms with Crippen LogP contribution in [-0.2, 0) is 16.0 Å². The zero-order valence-electron chi connectivity index (χ0n) is 17.2. The number of morpholine rings is 1. The van der Waals surface area contributed by atoms with Crippen molar-refractivity contribution in [3.63, 3.8) is 0 Å². The molecule has 3 aliphatic rings. The molecule has 3 aliphatic heterocycles. The number of aliphatic imine (C=N–C) groups is 1. The Balaban J connectivity index is 1.55. The second kappa shape index (κ2) is 8.12. The lowest BCUT2D eigenvalue weighted by Gasteiger charge is -2.38. The zero-order valence-corrected chi connectivity index (χ0v) is 17.2. The number of carbonyl (C=O) groups is 2. The van der Waals surface area contributed by atoms with Gasteiger partial charge < -0.3 is 14.5 Å². The van der Waals surface area contributed by atoms with Crippen molar-refractivity contribution in [3.8, 4) is 0 Å². The van der Waals surface area contributed by atoms with E-state index in [1.54, 1.807) is 7.05 Å². The van der Waals surface area contributed by atoms with Gasteiger partial charge >= 0.3 is 6.03 Å². The quantitative estimate of drug-likeness (QED) is 0.797. The van der Waals surface area contributed by atoms with Gasteiger partial charge in [-0.25, -0.2) is 9.79 Å². The molecule has 2 fully saturated rings. The monoisotopic (exact) mass is 399 g/mol. The van der Waals surface area contributed by atoms with Gasteiger partial charge in [0.25, 0.3) is 5.91 Å². The first-order valence-corrected chi connectivity index (χ1v) is 10.2. The van der Waals surface area contributed by atoms with Crippen molar-refractivity contribution in [3.05, 3.63) is 35.9 Å².